The third-order valence-corrected chi connectivity index (χ3v) is 3.92. The third-order valence-electron chi connectivity index (χ3n) is 3.92. The van der Waals surface area contributed by atoms with E-state index in [2.05, 4.69) is 5.32 Å². The number of benzene rings is 2. The highest BCUT2D eigenvalue weighted by Crippen LogP contribution is 2.29. The van der Waals surface area contributed by atoms with Crippen LogP contribution in [0.3, 0.4) is 0 Å². The van der Waals surface area contributed by atoms with Gasteiger partial charge in [0.15, 0.2) is 11.5 Å². The summed E-state index contributed by atoms with van der Waals surface area (Å²) in [5, 5.41) is 12.1. The van der Waals surface area contributed by atoms with Crippen LogP contribution in [0, 0.1) is 11.3 Å². The van der Waals surface area contributed by atoms with Crippen LogP contribution in [-0.4, -0.2) is 19.6 Å². The number of unbranched alkanes of at least 4 members (excludes halogenated alkanes) is 1. The normalized spacial score (nSPS) is 10.8. The Hall–Kier alpha value is -3.26. The summed E-state index contributed by atoms with van der Waals surface area (Å²) in [6, 6.07) is 17.1. The zero-order valence-corrected chi connectivity index (χ0v) is 15.7. The van der Waals surface area contributed by atoms with Gasteiger partial charge in [-0.1, -0.05) is 49.7 Å². The summed E-state index contributed by atoms with van der Waals surface area (Å²) in [4.78, 5) is 12.1. The van der Waals surface area contributed by atoms with Crippen LogP contribution in [-0.2, 0) is 11.4 Å². The molecule has 2 rings (SSSR count). The molecule has 0 aliphatic rings. The Bertz CT molecular complexity index is 823. The molecule has 5 heteroatoms. The highest BCUT2D eigenvalue weighted by Gasteiger charge is 2.10. The van der Waals surface area contributed by atoms with Crippen LogP contribution >= 0.6 is 0 Å². The van der Waals surface area contributed by atoms with Crippen molar-refractivity contribution in [1.29, 1.82) is 5.26 Å². The van der Waals surface area contributed by atoms with Crippen molar-refractivity contribution in [3.05, 3.63) is 65.2 Å². The number of ether oxygens (including phenoxy) is 2. The second kappa shape index (κ2) is 10.7. The number of carbonyl (C=O) groups excluding carboxylic acids is 1. The number of nitrogens with zero attached hydrogens (tertiary/aromatic N) is 1. The minimum Gasteiger partial charge on any atom is -0.493 e. The molecule has 0 aliphatic carbocycles. The van der Waals surface area contributed by atoms with E-state index in [0.29, 0.717) is 30.2 Å². The SMILES string of the molecule is CCCCNC(=O)/C(C#N)=C/c1ccc(OC)c(OCc2ccccc2)c1. The maximum absolute atomic E-state index is 12.1. The summed E-state index contributed by atoms with van der Waals surface area (Å²) in [6.45, 7) is 3.00. The van der Waals surface area contributed by atoms with Crippen molar-refractivity contribution in [2.45, 2.75) is 26.4 Å². The largest absolute Gasteiger partial charge is 0.493 e. The maximum Gasteiger partial charge on any atom is 0.261 e. The number of methoxy groups -OCH3 is 1. The zero-order valence-electron chi connectivity index (χ0n) is 15.7. The number of carbonyl (C=O) groups is 1. The van der Waals surface area contributed by atoms with Crippen LogP contribution in [0.1, 0.15) is 30.9 Å². The lowest BCUT2D eigenvalue weighted by atomic mass is 10.1. The van der Waals surface area contributed by atoms with Gasteiger partial charge in [-0.2, -0.15) is 5.26 Å². The maximum atomic E-state index is 12.1. The zero-order chi connectivity index (χ0) is 19.5. The number of amides is 1. The molecule has 0 fully saturated rings. The van der Waals surface area contributed by atoms with Crippen molar-refractivity contribution in [1.82, 2.24) is 5.32 Å². The van der Waals surface area contributed by atoms with Gasteiger partial charge in [-0.3, -0.25) is 4.79 Å². The van der Waals surface area contributed by atoms with Gasteiger partial charge in [0.25, 0.3) is 5.91 Å². The van der Waals surface area contributed by atoms with E-state index in [1.165, 1.54) is 0 Å². The first-order valence-electron chi connectivity index (χ1n) is 8.92. The molecule has 2 aromatic carbocycles. The Kier molecular flexibility index (Phi) is 7.92. The van der Waals surface area contributed by atoms with E-state index in [9.17, 15) is 10.1 Å². The molecule has 0 heterocycles. The quantitative estimate of drug-likeness (QED) is 0.413. The molecule has 1 N–H and O–H groups in total. The van der Waals surface area contributed by atoms with E-state index in [0.717, 1.165) is 18.4 Å². The summed E-state index contributed by atoms with van der Waals surface area (Å²) in [6.07, 6.45) is 3.41. The second-order valence-corrected chi connectivity index (χ2v) is 5.96. The standard InChI is InChI=1S/C22H24N2O3/c1-3-4-12-24-22(25)19(15-23)13-18-10-11-20(26-2)21(14-18)27-16-17-8-6-5-7-9-17/h5-11,13-14H,3-4,12,16H2,1-2H3,(H,24,25)/b19-13+. The van der Waals surface area contributed by atoms with E-state index < -0.39 is 0 Å². The molecule has 0 aromatic heterocycles. The smallest absolute Gasteiger partial charge is 0.261 e. The second-order valence-electron chi connectivity index (χ2n) is 5.96. The van der Waals surface area contributed by atoms with Gasteiger partial charge in [0.2, 0.25) is 0 Å². The van der Waals surface area contributed by atoms with E-state index in [4.69, 9.17) is 9.47 Å². The Morgan fingerprint density at radius 1 is 1.19 bits per heavy atom. The molecule has 2 aromatic rings. The molecule has 0 aliphatic heterocycles. The molecule has 140 valence electrons. The first-order chi connectivity index (χ1) is 13.2. The predicted octanol–water partition coefficient (Wildman–Crippen LogP) is 4.10. The topological polar surface area (TPSA) is 71.4 Å². The third kappa shape index (κ3) is 6.19. The first-order valence-corrected chi connectivity index (χ1v) is 8.92. The molecule has 0 spiro atoms. The van der Waals surface area contributed by atoms with Crippen LogP contribution in [0.2, 0.25) is 0 Å². The van der Waals surface area contributed by atoms with Crippen LogP contribution in [0.15, 0.2) is 54.1 Å². The lowest BCUT2D eigenvalue weighted by Gasteiger charge is -2.12. The van der Waals surface area contributed by atoms with Gasteiger partial charge in [0.05, 0.1) is 7.11 Å². The monoisotopic (exact) mass is 364 g/mol. The Labute approximate surface area is 160 Å². The Morgan fingerprint density at radius 2 is 1.96 bits per heavy atom. The highest BCUT2D eigenvalue weighted by molar-refractivity contribution is 6.01. The molecule has 0 saturated heterocycles. The minimum absolute atomic E-state index is 0.0604. The summed E-state index contributed by atoms with van der Waals surface area (Å²) in [7, 11) is 1.57. The van der Waals surface area contributed by atoms with Gasteiger partial charge >= 0.3 is 0 Å². The Morgan fingerprint density at radius 3 is 2.63 bits per heavy atom. The number of rotatable bonds is 9. The minimum atomic E-state index is -0.367. The van der Waals surface area contributed by atoms with E-state index in [1.54, 1.807) is 31.4 Å². The average molecular weight is 364 g/mol. The van der Waals surface area contributed by atoms with Gasteiger partial charge in [-0.25, -0.2) is 0 Å². The fraction of sp³-hybridized carbons (Fsp3) is 0.273. The van der Waals surface area contributed by atoms with Crippen LogP contribution in [0.4, 0.5) is 0 Å². The van der Waals surface area contributed by atoms with Crippen LogP contribution < -0.4 is 14.8 Å². The fourth-order valence-corrected chi connectivity index (χ4v) is 2.42. The van der Waals surface area contributed by atoms with Crippen molar-refractivity contribution in [3.63, 3.8) is 0 Å². The molecule has 0 radical (unpaired) electrons. The molecule has 0 bridgehead atoms. The molecular weight excluding hydrogens is 340 g/mol. The number of nitrogens with one attached hydrogen (secondary N) is 1. The van der Waals surface area contributed by atoms with E-state index >= 15 is 0 Å². The first kappa shape index (κ1) is 20.1. The Balaban J connectivity index is 2.16. The number of hydrogen-bond donors (Lipinski definition) is 1. The number of nitriles is 1. The molecule has 0 saturated carbocycles. The summed E-state index contributed by atoms with van der Waals surface area (Å²) in [5.74, 6) is 0.779. The summed E-state index contributed by atoms with van der Waals surface area (Å²) < 4.78 is 11.2. The van der Waals surface area contributed by atoms with Crippen molar-refractivity contribution < 1.29 is 14.3 Å². The van der Waals surface area contributed by atoms with Gasteiger partial charge in [-0.15, -0.1) is 0 Å². The molecular formula is C22H24N2O3. The summed E-state index contributed by atoms with van der Waals surface area (Å²) in [5.41, 5.74) is 1.79. The van der Waals surface area contributed by atoms with Crippen LogP contribution in [0.25, 0.3) is 6.08 Å². The average Bonchev–Trinajstić information content (AvgIpc) is 2.71. The van der Waals surface area contributed by atoms with Gasteiger partial charge in [0, 0.05) is 6.54 Å². The predicted molar refractivity (Wildman–Crippen MR) is 105 cm³/mol. The van der Waals surface area contributed by atoms with Gasteiger partial charge in [0.1, 0.15) is 18.2 Å². The van der Waals surface area contributed by atoms with E-state index in [1.807, 2.05) is 43.3 Å². The van der Waals surface area contributed by atoms with Crippen LogP contribution in [0.5, 0.6) is 11.5 Å². The van der Waals surface area contributed by atoms with Gasteiger partial charge in [-0.05, 0) is 35.8 Å². The van der Waals surface area contributed by atoms with Gasteiger partial charge < -0.3 is 14.8 Å². The van der Waals surface area contributed by atoms with Crippen molar-refractivity contribution in [2.75, 3.05) is 13.7 Å². The lowest BCUT2D eigenvalue weighted by molar-refractivity contribution is -0.117. The highest BCUT2D eigenvalue weighted by atomic mass is 16.5. The van der Waals surface area contributed by atoms with E-state index in [-0.39, 0.29) is 11.5 Å². The fourth-order valence-electron chi connectivity index (χ4n) is 2.42. The lowest BCUT2D eigenvalue weighted by Crippen LogP contribution is -2.25. The van der Waals surface area contributed by atoms with Crippen molar-refractivity contribution >= 4 is 12.0 Å². The number of hydrogen-bond acceptors (Lipinski definition) is 4. The molecule has 1 amide bonds. The van der Waals surface area contributed by atoms with Crippen molar-refractivity contribution in [2.24, 2.45) is 0 Å². The molecule has 0 atom stereocenters. The molecule has 0 unspecified atom stereocenters. The van der Waals surface area contributed by atoms with Crippen molar-refractivity contribution in [3.8, 4) is 17.6 Å². The molecule has 5 nitrogen and oxygen atoms in total. The summed E-state index contributed by atoms with van der Waals surface area (Å²) >= 11 is 0. The molecule has 27 heavy (non-hydrogen) atoms.